The van der Waals surface area contributed by atoms with Gasteiger partial charge in [0.1, 0.15) is 17.6 Å². The summed E-state index contributed by atoms with van der Waals surface area (Å²) in [6, 6.07) is 3.54. The Hall–Kier alpha value is -3.76. The van der Waals surface area contributed by atoms with Gasteiger partial charge >= 0.3 is 0 Å². The lowest BCUT2D eigenvalue weighted by molar-refractivity contribution is -0.119. The van der Waals surface area contributed by atoms with Crippen molar-refractivity contribution in [3.63, 3.8) is 0 Å². The third-order valence-corrected chi connectivity index (χ3v) is 7.56. The van der Waals surface area contributed by atoms with Gasteiger partial charge in [0.15, 0.2) is 0 Å². The number of amides is 2. The summed E-state index contributed by atoms with van der Waals surface area (Å²) in [4.78, 5) is 34.6. The summed E-state index contributed by atoms with van der Waals surface area (Å²) in [5.74, 6) is -1.18. The highest BCUT2D eigenvalue weighted by atomic mass is 19.3. The highest BCUT2D eigenvalue weighted by Crippen LogP contribution is 2.51. The number of carbonyl (C=O) groups excluding carboxylic acids is 2. The number of rotatable bonds is 10. The van der Waals surface area contributed by atoms with E-state index >= 15 is 4.39 Å². The van der Waals surface area contributed by atoms with Gasteiger partial charge in [0, 0.05) is 41.3 Å². The Balaban J connectivity index is 1.39. The second-order valence-corrected chi connectivity index (χ2v) is 10.7. The minimum atomic E-state index is -2.75. The molecule has 0 unspecified atom stereocenters. The van der Waals surface area contributed by atoms with Crippen LogP contribution in [0.1, 0.15) is 73.6 Å². The van der Waals surface area contributed by atoms with Crippen LogP contribution in [0.15, 0.2) is 36.8 Å². The zero-order valence-electron chi connectivity index (χ0n) is 22.0. The predicted molar refractivity (Wildman–Crippen MR) is 139 cm³/mol. The first-order valence-electron chi connectivity index (χ1n) is 13.2. The Morgan fingerprint density at radius 2 is 1.72 bits per heavy atom. The highest BCUT2D eigenvalue weighted by molar-refractivity contribution is 6.00. The van der Waals surface area contributed by atoms with Crippen molar-refractivity contribution in [1.82, 2.24) is 25.1 Å². The molecule has 2 saturated carbocycles. The molecule has 8 nitrogen and oxygen atoms in total. The van der Waals surface area contributed by atoms with Gasteiger partial charge in [0.25, 0.3) is 12.3 Å². The van der Waals surface area contributed by atoms with E-state index in [-0.39, 0.29) is 40.0 Å². The number of pyridine rings is 2. The minimum Gasteiger partial charge on any atom is -0.339 e. The molecule has 2 aliphatic rings. The molecule has 3 aromatic rings. The van der Waals surface area contributed by atoms with Gasteiger partial charge in [-0.15, -0.1) is 0 Å². The molecular formula is C28H31F3N6O2. The summed E-state index contributed by atoms with van der Waals surface area (Å²) in [5, 5.41) is 9.84. The number of nitrogens with one attached hydrogen (secondary N) is 2. The third-order valence-electron chi connectivity index (χ3n) is 7.56. The predicted octanol–water partition coefficient (Wildman–Crippen LogP) is 5.48. The highest BCUT2D eigenvalue weighted by Gasteiger charge is 2.48. The Bertz CT molecular complexity index is 1370. The molecule has 206 valence electrons. The zero-order valence-corrected chi connectivity index (χ0v) is 22.0. The van der Waals surface area contributed by atoms with Gasteiger partial charge in [-0.3, -0.25) is 19.3 Å². The van der Waals surface area contributed by atoms with Gasteiger partial charge in [-0.25, -0.2) is 13.8 Å². The van der Waals surface area contributed by atoms with E-state index in [2.05, 4.69) is 25.7 Å². The van der Waals surface area contributed by atoms with Crippen LogP contribution in [-0.4, -0.2) is 37.6 Å². The Morgan fingerprint density at radius 3 is 2.31 bits per heavy atom. The zero-order chi connectivity index (χ0) is 27.8. The average Bonchev–Trinajstić information content (AvgIpc) is 3.83. The van der Waals surface area contributed by atoms with Crippen LogP contribution in [0.4, 0.5) is 19.0 Å². The van der Waals surface area contributed by atoms with Crippen molar-refractivity contribution in [1.29, 1.82) is 0 Å². The topological polar surface area (TPSA) is 102 Å². The van der Waals surface area contributed by atoms with Crippen LogP contribution < -0.4 is 10.6 Å². The van der Waals surface area contributed by atoms with Crippen molar-refractivity contribution in [3.8, 4) is 11.1 Å². The Morgan fingerprint density at radius 1 is 1.03 bits per heavy atom. The summed E-state index contributed by atoms with van der Waals surface area (Å²) in [5.41, 5.74) is 0.480. The molecule has 2 aliphatic carbocycles. The van der Waals surface area contributed by atoms with E-state index in [1.807, 2.05) is 13.8 Å². The molecule has 39 heavy (non-hydrogen) atoms. The Labute approximate surface area is 224 Å². The molecule has 3 heterocycles. The van der Waals surface area contributed by atoms with Crippen molar-refractivity contribution in [2.75, 3.05) is 5.32 Å². The standard InChI is InChI=1S/C28H31F3N6O2/c1-14(2)37-21(10-11-33-37)27(38)36-24(23(16-4-5-16)17-6-7-17)28(39)35-22-9-8-18(26(31)34-22)19-12-32-13-20(15(19)3)25(29)30/h8-14,16-17,23-25H,4-7H2,1-3H3,(H,36,38)(H,34,35,39)/t24-/m0/s1. The number of nitrogens with zero attached hydrogens (tertiary/aromatic N) is 4. The summed E-state index contributed by atoms with van der Waals surface area (Å²) in [6.07, 6.45) is 5.16. The molecule has 0 aliphatic heterocycles. The van der Waals surface area contributed by atoms with E-state index < -0.39 is 30.2 Å². The molecule has 0 radical (unpaired) electrons. The normalized spacial score (nSPS) is 16.1. The lowest BCUT2D eigenvalue weighted by atomic mass is 9.88. The summed E-state index contributed by atoms with van der Waals surface area (Å²) in [6.45, 7) is 5.30. The van der Waals surface area contributed by atoms with Crippen LogP contribution in [0.25, 0.3) is 11.1 Å². The number of hydrogen-bond acceptors (Lipinski definition) is 5. The van der Waals surface area contributed by atoms with Crippen molar-refractivity contribution >= 4 is 17.6 Å². The van der Waals surface area contributed by atoms with Gasteiger partial charge in [0.2, 0.25) is 11.9 Å². The molecule has 0 aromatic carbocycles. The van der Waals surface area contributed by atoms with E-state index in [4.69, 9.17) is 0 Å². The molecular weight excluding hydrogens is 509 g/mol. The number of alkyl halides is 2. The molecule has 0 saturated heterocycles. The SMILES string of the molecule is Cc1c(-c2ccc(NC(=O)[C@@H](NC(=O)c3ccnn3C(C)C)C(C3CC3)C3CC3)nc2F)cncc1C(F)F. The summed E-state index contributed by atoms with van der Waals surface area (Å²) in [7, 11) is 0. The lowest BCUT2D eigenvalue weighted by Gasteiger charge is -2.27. The van der Waals surface area contributed by atoms with Crippen LogP contribution in [0.2, 0.25) is 0 Å². The average molecular weight is 541 g/mol. The van der Waals surface area contributed by atoms with Crippen molar-refractivity contribution in [2.45, 2.75) is 65.0 Å². The minimum absolute atomic E-state index is 0.00105. The first-order chi connectivity index (χ1) is 18.7. The van der Waals surface area contributed by atoms with Crippen LogP contribution in [0, 0.1) is 30.6 Å². The Kier molecular flexibility index (Phi) is 7.42. The number of hydrogen-bond donors (Lipinski definition) is 2. The van der Waals surface area contributed by atoms with Gasteiger partial charge in [-0.2, -0.15) is 9.49 Å². The first-order valence-corrected chi connectivity index (χ1v) is 13.2. The maximum atomic E-state index is 15.1. The monoisotopic (exact) mass is 540 g/mol. The van der Waals surface area contributed by atoms with Crippen LogP contribution >= 0.6 is 0 Å². The second kappa shape index (κ2) is 10.8. The maximum absolute atomic E-state index is 15.1. The maximum Gasteiger partial charge on any atom is 0.270 e. The molecule has 1 atom stereocenters. The van der Waals surface area contributed by atoms with E-state index in [9.17, 15) is 18.4 Å². The van der Waals surface area contributed by atoms with E-state index in [0.29, 0.717) is 17.5 Å². The fourth-order valence-corrected chi connectivity index (χ4v) is 5.29. The number of anilines is 1. The van der Waals surface area contributed by atoms with Gasteiger partial charge in [0.05, 0.1) is 0 Å². The summed E-state index contributed by atoms with van der Waals surface area (Å²) >= 11 is 0. The molecule has 2 amide bonds. The molecule has 0 spiro atoms. The quantitative estimate of drug-likeness (QED) is 0.332. The lowest BCUT2D eigenvalue weighted by Crippen LogP contribution is -2.50. The van der Waals surface area contributed by atoms with E-state index in [1.54, 1.807) is 16.9 Å². The molecule has 11 heteroatoms. The number of halogens is 3. The second-order valence-electron chi connectivity index (χ2n) is 10.7. The van der Waals surface area contributed by atoms with Crippen LogP contribution in [-0.2, 0) is 4.79 Å². The van der Waals surface area contributed by atoms with E-state index in [1.165, 1.54) is 25.3 Å². The van der Waals surface area contributed by atoms with Crippen LogP contribution in [0.5, 0.6) is 0 Å². The molecule has 2 N–H and O–H groups in total. The third kappa shape index (κ3) is 5.67. The largest absolute Gasteiger partial charge is 0.339 e. The van der Waals surface area contributed by atoms with Gasteiger partial charge in [-0.1, -0.05) is 0 Å². The first kappa shape index (κ1) is 26.8. The fraction of sp³-hybridized carbons (Fsp3) is 0.464. The molecule has 3 aromatic heterocycles. The van der Waals surface area contributed by atoms with Crippen molar-refractivity contribution < 1.29 is 22.8 Å². The van der Waals surface area contributed by atoms with Gasteiger partial charge in [-0.05, 0) is 88.0 Å². The smallest absolute Gasteiger partial charge is 0.270 e. The fourth-order valence-electron chi connectivity index (χ4n) is 5.29. The molecule has 0 bridgehead atoms. The van der Waals surface area contributed by atoms with Crippen molar-refractivity contribution in [2.24, 2.45) is 17.8 Å². The van der Waals surface area contributed by atoms with Crippen molar-refractivity contribution in [3.05, 3.63) is 59.6 Å². The summed E-state index contributed by atoms with van der Waals surface area (Å²) < 4.78 is 43.3. The van der Waals surface area contributed by atoms with Gasteiger partial charge < -0.3 is 10.6 Å². The van der Waals surface area contributed by atoms with Crippen LogP contribution in [0.3, 0.4) is 0 Å². The number of carbonyl (C=O) groups is 2. The number of aromatic nitrogens is 4. The van der Waals surface area contributed by atoms with E-state index in [0.717, 1.165) is 31.9 Å². The molecule has 5 rings (SSSR count). The molecule has 2 fully saturated rings.